The molecular weight excluding hydrogens is 208 g/mol. The van der Waals surface area contributed by atoms with E-state index in [2.05, 4.69) is 9.97 Å². The third-order valence-corrected chi connectivity index (χ3v) is 2.29. The second-order valence-electron chi connectivity index (χ2n) is 3.19. The molecule has 0 saturated carbocycles. The van der Waals surface area contributed by atoms with Crippen LogP contribution in [0.1, 0.15) is 11.1 Å². The molecule has 0 aliphatic rings. The number of nitro groups is 1. The minimum absolute atomic E-state index is 0.107. The molecule has 2 rings (SSSR count). The van der Waals surface area contributed by atoms with Crippen molar-refractivity contribution in [3.05, 3.63) is 39.7 Å². The molecule has 0 radical (unpaired) electrons. The van der Waals surface area contributed by atoms with Gasteiger partial charge in [-0.05, 0) is 6.92 Å². The summed E-state index contributed by atoms with van der Waals surface area (Å²) in [5.74, 6) is 0. The maximum atomic E-state index is 10.8. The molecule has 0 spiro atoms. The number of rotatable bonds is 1. The predicted octanol–water partition coefficient (Wildman–Crippen LogP) is 1.72. The number of nitriles is 1. The molecule has 0 atom stereocenters. The van der Waals surface area contributed by atoms with E-state index < -0.39 is 4.92 Å². The highest BCUT2D eigenvalue weighted by atomic mass is 16.6. The molecule has 6 heteroatoms. The number of hydrogen-bond acceptors (Lipinski definition) is 5. The molecule has 16 heavy (non-hydrogen) atoms. The first-order valence-electron chi connectivity index (χ1n) is 4.44. The van der Waals surface area contributed by atoms with E-state index in [1.165, 1.54) is 18.5 Å². The molecule has 0 saturated heterocycles. The third kappa shape index (κ3) is 1.35. The molecule has 78 valence electrons. The first kappa shape index (κ1) is 9.98. The molecule has 1 aromatic heterocycles. The van der Waals surface area contributed by atoms with Gasteiger partial charge < -0.3 is 0 Å². The molecule has 2 aromatic rings. The summed E-state index contributed by atoms with van der Waals surface area (Å²) in [6, 6.07) is 3.11. The number of benzene rings is 1. The van der Waals surface area contributed by atoms with Crippen LogP contribution in [0.4, 0.5) is 5.69 Å². The van der Waals surface area contributed by atoms with Gasteiger partial charge in [0.1, 0.15) is 11.6 Å². The van der Waals surface area contributed by atoms with Crippen molar-refractivity contribution in [3.63, 3.8) is 0 Å². The van der Waals surface area contributed by atoms with Gasteiger partial charge in [-0.3, -0.25) is 20.1 Å². The lowest BCUT2D eigenvalue weighted by Gasteiger charge is -2.02. The van der Waals surface area contributed by atoms with Gasteiger partial charge in [0.25, 0.3) is 5.69 Å². The minimum atomic E-state index is -0.524. The van der Waals surface area contributed by atoms with Gasteiger partial charge in [-0.2, -0.15) is 5.26 Å². The van der Waals surface area contributed by atoms with Crippen LogP contribution in [0, 0.1) is 28.4 Å². The summed E-state index contributed by atoms with van der Waals surface area (Å²) in [7, 11) is 0. The fourth-order valence-corrected chi connectivity index (χ4v) is 1.52. The molecule has 0 bridgehead atoms. The van der Waals surface area contributed by atoms with Gasteiger partial charge in [0.15, 0.2) is 0 Å². The van der Waals surface area contributed by atoms with E-state index in [4.69, 9.17) is 5.26 Å². The standard InChI is InChI=1S/C10H6N4O2/c1-6-8(14(15)16)4-7(5-11)10-9(6)12-2-3-13-10/h2-4H,1H3. The van der Waals surface area contributed by atoms with Crippen molar-refractivity contribution in [2.75, 3.05) is 0 Å². The summed E-state index contributed by atoms with van der Waals surface area (Å²) in [5, 5.41) is 19.7. The van der Waals surface area contributed by atoms with E-state index in [1.54, 1.807) is 6.92 Å². The summed E-state index contributed by atoms with van der Waals surface area (Å²) in [5.41, 5.74) is 1.28. The Labute approximate surface area is 90.3 Å². The van der Waals surface area contributed by atoms with Gasteiger partial charge in [0.05, 0.1) is 21.6 Å². The fourth-order valence-electron chi connectivity index (χ4n) is 1.52. The zero-order valence-corrected chi connectivity index (χ0v) is 8.34. The largest absolute Gasteiger partial charge is 0.275 e. The Hall–Kier alpha value is -2.55. The molecule has 0 N–H and O–H groups in total. The molecule has 1 aromatic carbocycles. The molecular formula is C10H6N4O2. The zero-order valence-electron chi connectivity index (χ0n) is 8.34. The van der Waals surface area contributed by atoms with E-state index in [0.29, 0.717) is 16.6 Å². The van der Waals surface area contributed by atoms with Crippen molar-refractivity contribution in [2.45, 2.75) is 6.92 Å². The Balaban J connectivity index is 2.95. The van der Waals surface area contributed by atoms with Crippen LogP contribution in [-0.4, -0.2) is 14.9 Å². The number of fused-ring (bicyclic) bond motifs is 1. The summed E-state index contributed by atoms with van der Waals surface area (Å²) in [6.07, 6.45) is 2.90. The van der Waals surface area contributed by atoms with Crippen LogP contribution in [-0.2, 0) is 0 Å². The van der Waals surface area contributed by atoms with Crippen molar-refractivity contribution in [1.82, 2.24) is 9.97 Å². The third-order valence-electron chi connectivity index (χ3n) is 2.29. The van der Waals surface area contributed by atoms with Crippen molar-refractivity contribution in [3.8, 4) is 6.07 Å². The lowest BCUT2D eigenvalue weighted by molar-refractivity contribution is -0.385. The smallest absolute Gasteiger partial charge is 0.258 e. The van der Waals surface area contributed by atoms with Gasteiger partial charge >= 0.3 is 0 Å². The van der Waals surface area contributed by atoms with Crippen molar-refractivity contribution >= 4 is 16.7 Å². The second kappa shape index (κ2) is 3.55. The van der Waals surface area contributed by atoms with Gasteiger partial charge in [-0.1, -0.05) is 0 Å². The normalized spacial score (nSPS) is 10.0. The Morgan fingerprint density at radius 2 is 2.00 bits per heavy atom. The summed E-state index contributed by atoms with van der Waals surface area (Å²) in [6.45, 7) is 1.59. The monoisotopic (exact) mass is 214 g/mol. The summed E-state index contributed by atoms with van der Waals surface area (Å²) < 4.78 is 0. The Morgan fingerprint density at radius 3 is 2.56 bits per heavy atom. The van der Waals surface area contributed by atoms with Gasteiger partial charge in [-0.25, -0.2) is 0 Å². The molecule has 6 nitrogen and oxygen atoms in total. The van der Waals surface area contributed by atoms with E-state index in [-0.39, 0.29) is 11.3 Å². The highest BCUT2D eigenvalue weighted by Crippen LogP contribution is 2.27. The summed E-state index contributed by atoms with van der Waals surface area (Å²) >= 11 is 0. The Morgan fingerprint density at radius 1 is 1.38 bits per heavy atom. The lowest BCUT2D eigenvalue weighted by Crippen LogP contribution is -1.97. The van der Waals surface area contributed by atoms with Crippen LogP contribution in [0.2, 0.25) is 0 Å². The number of nitrogens with zero attached hydrogens (tertiary/aromatic N) is 4. The van der Waals surface area contributed by atoms with Crippen LogP contribution in [0.3, 0.4) is 0 Å². The molecule has 0 amide bonds. The van der Waals surface area contributed by atoms with E-state index in [0.717, 1.165) is 0 Å². The first-order chi connectivity index (χ1) is 7.65. The van der Waals surface area contributed by atoms with Crippen molar-refractivity contribution in [1.29, 1.82) is 5.26 Å². The second-order valence-corrected chi connectivity index (χ2v) is 3.19. The molecule has 1 heterocycles. The maximum Gasteiger partial charge on any atom is 0.275 e. The first-order valence-corrected chi connectivity index (χ1v) is 4.44. The number of hydrogen-bond donors (Lipinski definition) is 0. The Bertz CT molecular complexity index is 630. The van der Waals surface area contributed by atoms with Crippen molar-refractivity contribution < 1.29 is 4.92 Å². The topological polar surface area (TPSA) is 92.7 Å². The molecule has 0 aliphatic heterocycles. The predicted molar refractivity (Wildman–Crippen MR) is 55.6 cm³/mol. The molecule has 0 aliphatic carbocycles. The highest BCUT2D eigenvalue weighted by molar-refractivity contribution is 5.86. The van der Waals surface area contributed by atoms with E-state index in [9.17, 15) is 10.1 Å². The van der Waals surface area contributed by atoms with Crippen molar-refractivity contribution in [2.24, 2.45) is 0 Å². The zero-order chi connectivity index (χ0) is 11.7. The van der Waals surface area contributed by atoms with Crippen LogP contribution < -0.4 is 0 Å². The lowest BCUT2D eigenvalue weighted by atomic mass is 10.1. The minimum Gasteiger partial charge on any atom is -0.258 e. The van der Waals surface area contributed by atoms with Crippen LogP contribution >= 0.6 is 0 Å². The van der Waals surface area contributed by atoms with E-state index in [1.807, 2.05) is 6.07 Å². The summed E-state index contributed by atoms with van der Waals surface area (Å²) in [4.78, 5) is 18.3. The number of aryl methyl sites for hydroxylation is 1. The SMILES string of the molecule is Cc1c([N+](=O)[O-])cc(C#N)c2nccnc12. The number of nitro benzene ring substituents is 1. The van der Waals surface area contributed by atoms with Crippen LogP contribution in [0.5, 0.6) is 0 Å². The van der Waals surface area contributed by atoms with Crippen LogP contribution in [0.25, 0.3) is 11.0 Å². The number of aromatic nitrogens is 2. The average Bonchev–Trinajstić information content (AvgIpc) is 2.29. The van der Waals surface area contributed by atoms with Gasteiger partial charge in [0, 0.05) is 18.5 Å². The van der Waals surface area contributed by atoms with Crippen LogP contribution in [0.15, 0.2) is 18.5 Å². The maximum absolute atomic E-state index is 10.8. The van der Waals surface area contributed by atoms with Gasteiger partial charge in [-0.15, -0.1) is 0 Å². The Kier molecular flexibility index (Phi) is 2.21. The highest BCUT2D eigenvalue weighted by Gasteiger charge is 2.18. The van der Waals surface area contributed by atoms with E-state index >= 15 is 0 Å². The molecule has 0 unspecified atom stereocenters. The average molecular weight is 214 g/mol. The fraction of sp³-hybridized carbons (Fsp3) is 0.100. The van der Waals surface area contributed by atoms with Gasteiger partial charge in [0.2, 0.25) is 0 Å². The quantitative estimate of drug-likeness (QED) is 0.532. The molecule has 0 fully saturated rings.